The summed E-state index contributed by atoms with van der Waals surface area (Å²) >= 11 is 0. The SMILES string of the molecule is CN(Cc1ncn[nH]1)C(=O)[C@H]1CCCO1. The first-order valence-electron chi connectivity index (χ1n) is 4.98. The molecule has 1 amide bonds. The fourth-order valence-electron chi connectivity index (χ4n) is 1.63. The molecule has 0 bridgehead atoms. The number of nitrogens with zero attached hydrogens (tertiary/aromatic N) is 3. The topological polar surface area (TPSA) is 71.1 Å². The number of H-pyrrole nitrogens is 1. The maximum Gasteiger partial charge on any atom is 0.251 e. The Labute approximate surface area is 87.6 Å². The lowest BCUT2D eigenvalue weighted by Crippen LogP contribution is -2.35. The van der Waals surface area contributed by atoms with Crippen LogP contribution in [0, 0.1) is 0 Å². The predicted octanol–water partition coefficient (Wildman–Crippen LogP) is -0.0579. The van der Waals surface area contributed by atoms with Crippen LogP contribution in [0.3, 0.4) is 0 Å². The van der Waals surface area contributed by atoms with Gasteiger partial charge in [0.25, 0.3) is 5.91 Å². The van der Waals surface area contributed by atoms with Crippen LogP contribution in [0.5, 0.6) is 0 Å². The number of aromatic amines is 1. The van der Waals surface area contributed by atoms with Gasteiger partial charge in [0.2, 0.25) is 0 Å². The first kappa shape index (κ1) is 10.1. The molecular weight excluding hydrogens is 196 g/mol. The van der Waals surface area contributed by atoms with Crippen molar-refractivity contribution in [3.05, 3.63) is 12.2 Å². The van der Waals surface area contributed by atoms with Gasteiger partial charge in [-0.3, -0.25) is 9.89 Å². The Bertz CT molecular complexity index is 319. The number of nitrogens with one attached hydrogen (secondary N) is 1. The highest BCUT2D eigenvalue weighted by molar-refractivity contribution is 5.80. The number of amides is 1. The molecule has 2 heterocycles. The van der Waals surface area contributed by atoms with Crippen molar-refractivity contribution in [3.63, 3.8) is 0 Å². The van der Waals surface area contributed by atoms with Crippen molar-refractivity contribution < 1.29 is 9.53 Å². The van der Waals surface area contributed by atoms with Crippen molar-refractivity contribution in [2.24, 2.45) is 0 Å². The second-order valence-corrected chi connectivity index (χ2v) is 3.63. The third kappa shape index (κ3) is 2.33. The summed E-state index contributed by atoms with van der Waals surface area (Å²) in [6.07, 6.45) is 2.95. The highest BCUT2D eigenvalue weighted by Crippen LogP contribution is 2.14. The molecule has 6 nitrogen and oxygen atoms in total. The maximum absolute atomic E-state index is 11.8. The Morgan fingerprint density at radius 2 is 2.67 bits per heavy atom. The van der Waals surface area contributed by atoms with E-state index in [1.807, 2.05) is 0 Å². The van der Waals surface area contributed by atoms with Crippen LogP contribution in [-0.4, -0.2) is 45.7 Å². The lowest BCUT2D eigenvalue weighted by atomic mass is 10.2. The van der Waals surface area contributed by atoms with Gasteiger partial charge < -0.3 is 9.64 Å². The third-order valence-corrected chi connectivity index (χ3v) is 2.43. The van der Waals surface area contributed by atoms with Gasteiger partial charge >= 0.3 is 0 Å². The highest BCUT2D eigenvalue weighted by Gasteiger charge is 2.26. The largest absolute Gasteiger partial charge is 0.368 e. The van der Waals surface area contributed by atoms with Crippen molar-refractivity contribution in [2.45, 2.75) is 25.5 Å². The average Bonchev–Trinajstić information content (AvgIpc) is 2.88. The van der Waals surface area contributed by atoms with E-state index < -0.39 is 0 Å². The summed E-state index contributed by atoms with van der Waals surface area (Å²) in [4.78, 5) is 17.4. The van der Waals surface area contributed by atoms with E-state index in [-0.39, 0.29) is 12.0 Å². The Hall–Kier alpha value is -1.43. The molecule has 0 spiro atoms. The minimum Gasteiger partial charge on any atom is -0.368 e. The molecule has 82 valence electrons. The standard InChI is InChI=1S/C9H14N4O2/c1-13(5-8-10-6-11-12-8)9(14)7-3-2-4-15-7/h6-7H,2-5H2,1H3,(H,10,11,12)/t7-/m1/s1. The number of rotatable bonds is 3. The molecule has 0 radical (unpaired) electrons. The predicted molar refractivity (Wildman–Crippen MR) is 51.8 cm³/mol. The molecule has 6 heteroatoms. The number of carbonyl (C=O) groups excluding carboxylic acids is 1. The van der Waals surface area contributed by atoms with E-state index in [1.54, 1.807) is 11.9 Å². The Morgan fingerprint density at radius 3 is 3.27 bits per heavy atom. The molecule has 1 aromatic rings. The third-order valence-electron chi connectivity index (χ3n) is 2.43. The van der Waals surface area contributed by atoms with Crippen LogP contribution in [0.2, 0.25) is 0 Å². The minimum absolute atomic E-state index is 0.0175. The lowest BCUT2D eigenvalue weighted by Gasteiger charge is -2.19. The monoisotopic (exact) mass is 210 g/mol. The van der Waals surface area contributed by atoms with Crippen molar-refractivity contribution in [3.8, 4) is 0 Å². The molecule has 2 rings (SSSR count). The number of hydrogen-bond donors (Lipinski definition) is 1. The molecule has 0 saturated carbocycles. The van der Waals surface area contributed by atoms with Gasteiger partial charge in [-0.05, 0) is 12.8 Å². The molecule has 1 saturated heterocycles. The van der Waals surface area contributed by atoms with Crippen molar-refractivity contribution in [1.82, 2.24) is 20.1 Å². The summed E-state index contributed by atoms with van der Waals surface area (Å²) in [6.45, 7) is 1.13. The number of likely N-dealkylation sites (N-methyl/N-ethyl adjacent to an activating group) is 1. The summed E-state index contributed by atoms with van der Waals surface area (Å²) in [5, 5.41) is 6.44. The van der Waals surface area contributed by atoms with E-state index in [2.05, 4.69) is 15.2 Å². The number of ether oxygens (including phenoxy) is 1. The van der Waals surface area contributed by atoms with Gasteiger partial charge in [0.05, 0.1) is 6.54 Å². The Kier molecular flexibility index (Phi) is 2.96. The van der Waals surface area contributed by atoms with E-state index in [4.69, 9.17) is 4.74 Å². The zero-order chi connectivity index (χ0) is 10.7. The van der Waals surface area contributed by atoms with Crippen LogP contribution in [0.4, 0.5) is 0 Å². The molecule has 1 aliphatic heterocycles. The molecule has 1 fully saturated rings. The average molecular weight is 210 g/mol. The van der Waals surface area contributed by atoms with Crippen LogP contribution in [0.15, 0.2) is 6.33 Å². The first-order chi connectivity index (χ1) is 7.27. The smallest absolute Gasteiger partial charge is 0.251 e. The molecule has 0 aromatic carbocycles. The van der Waals surface area contributed by atoms with Crippen LogP contribution in [0.1, 0.15) is 18.7 Å². The van der Waals surface area contributed by atoms with E-state index in [1.165, 1.54) is 6.33 Å². The van der Waals surface area contributed by atoms with Gasteiger partial charge in [-0.2, -0.15) is 5.10 Å². The van der Waals surface area contributed by atoms with Gasteiger partial charge in [-0.1, -0.05) is 0 Å². The van der Waals surface area contributed by atoms with Crippen LogP contribution < -0.4 is 0 Å². The number of carbonyl (C=O) groups is 1. The van der Waals surface area contributed by atoms with E-state index in [0.717, 1.165) is 12.8 Å². The summed E-state index contributed by atoms with van der Waals surface area (Å²) in [7, 11) is 1.74. The second-order valence-electron chi connectivity index (χ2n) is 3.63. The molecule has 1 aromatic heterocycles. The van der Waals surface area contributed by atoms with Gasteiger partial charge in [0.15, 0.2) is 0 Å². The lowest BCUT2D eigenvalue weighted by molar-refractivity contribution is -0.140. The summed E-state index contributed by atoms with van der Waals surface area (Å²) in [5.41, 5.74) is 0. The van der Waals surface area contributed by atoms with E-state index >= 15 is 0 Å². The molecule has 1 atom stereocenters. The fourth-order valence-corrected chi connectivity index (χ4v) is 1.63. The van der Waals surface area contributed by atoms with Crippen molar-refractivity contribution >= 4 is 5.91 Å². The van der Waals surface area contributed by atoms with Gasteiger partial charge in [-0.25, -0.2) is 4.98 Å². The second kappa shape index (κ2) is 4.39. The Balaban J connectivity index is 1.89. The number of hydrogen-bond acceptors (Lipinski definition) is 4. The highest BCUT2D eigenvalue weighted by atomic mass is 16.5. The van der Waals surface area contributed by atoms with Crippen LogP contribution in [-0.2, 0) is 16.1 Å². The Morgan fingerprint density at radius 1 is 1.80 bits per heavy atom. The quantitative estimate of drug-likeness (QED) is 0.758. The molecule has 1 N–H and O–H groups in total. The normalized spacial score (nSPS) is 20.5. The minimum atomic E-state index is -0.266. The molecule has 1 aliphatic rings. The summed E-state index contributed by atoms with van der Waals surface area (Å²) < 4.78 is 5.32. The van der Waals surface area contributed by atoms with Crippen LogP contribution >= 0.6 is 0 Å². The van der Waals surface area contributed by atoms with Gasteiger partial charge in [0, 0.05) is 13.7 Å². The fraction of sp³-hybridized carbons (Fsp3) is 0.667. The molecular formula is C9H14N4O2. The van der Waals surface area contributed by atoms with E-state index in [0.29, 0.717) is 19.0 Å². The van der Waals surface area contributed by atoms with Crippen LogP contribution in [0.25, 0.3) is 0 Å². The zero-order valence-electron chi connectivity index (χ0n) is 8.64. The van der Waals surface area contributed by atoms with Gasteiger partial charge in [-0.15, -0.1) is 0 Å². The van der Waals surface area contributed by atoms with E-state index in [9.17, 15) is 4.79 Å². The maximum atomic E-state index is 11.8. The first-order valence-corrected chi connectivity index (χ1v) is 4.98. The molecule has 0 aliphatic carbocycles. The summed E-state index contributed by atoms with van der Waals surface area (Å²) in [5.74, 6) is 0.702. The van der Waals surface area contributed by atoms with Gasteiger partial charge in [0.1, 0.15) is 18.3 Å². The van der Waals surface area contributed by atoms with Crippen molar-refractivity contribution in [1.29, 1.82) is 0 Å². The van der Waals surface area contributed by atoms with Crippen molar-refractivity contribution in [2.75, 3.05) is 13.7 Å². The molecule has 0 unspecified atom stereocenters. The number of aromatic nitrogens is 3. The zero-order valence-corrected chi connectivity index (χ0v) is 8.64. The molecule has 15 heavy (non-hydrogen) atoms. The summed E-state index contributed by atoms with van der Waals surface area (Å²) in [6, 6.07) is 0.